The second-order valence-corrected chi connectivity index (χ2v) is 9.12. The molecule has 0 N–H and O–H groups in total. The first-order chi connectivity index (χ1) is 17.9. The fraction of sp³-hybridized carbons (Fsp3) is 0.267. The van der Waals surface area contributed by atoms with Crippen LogP contribution in [0.25, 0.3) is 11.0 Å². The van der Waals surface area contributed by atoms with Gasteiger partial charge in [0.15, 0.2) is 16.9 Å². The number of benzene rings is 3. The number of amides is 1. The van der Waals surface area contributed by atoms with Crippen LogP contribution in [0.5, 0.6) is 11.5 Å². The Kier molecular flexibility index (Phi) is 6.70. The van der Waals surface area contributed by atoms with E-state index in [1.54, 1.807) is 35.2 Å². The van der Waals surface area contributed by atoms with Crippen molar-refractivity contribution < 1.29 is 23.1 Å². The molecule has 0 fully saturated rings. The molecule has 4 aromatic rings. The summed E-state index contributed by atoms with van der Waals surface area (Å²) in [5.41, 5.74) is 2.75. The van der Waals surface area contributed by atoms with E-state index in [1.165, 1.54) is 12.1 Å². The second-order valence-electron chi connectivity index (χ2n) is 9.12. The molecule has 7 heteroatoms. The molecule has 0 radical (unpaired) electrons. The maximum Gasteiger partial charge on any atom is 0.291 e. The molecule has 0 saturated carbocycles. The average molecular weight is 502 g/mol. The van der Waals surface area contributed by atoms with Crippen LogP contribution >= 0.6 is 0 Å². The van der Waals surface area contributed by atoms with Gasteiger partial charge >= 0.3 is 0 Å². The Hall–Kier alpha value is -4.13. The van der Waals surface area contributed by atoms with Crippen LogP contribution in [0.1, 0.15) is 59.1 Å². The minimum absolute atomic E-state index is 0.0257. The summed E-state index contributed by atoms with van der Waals surface area (Å²) in [4.78, 5) is 29.1. The van der Waals surface area contributed by atoms with Gasteiger partial charge in [-0.1, -0.05) is 36.8 Å². The zero-order chi connectivity index (χ0) is 26.1. The van der Waals surface area contributed by atoms with Gasteiger partial charge in [-0.15, -0.1) is 0 Å². The highest BCUT2D eigenvalue weighted by atomic mass is 19.1. The highest BCUT2D eigenvalue weighted by Gasteiger charge is 2.43. The normalized spacial score (nSPS) is 14.8. The molecule has 6 nitrogen and oxygen atoms in total. The summed E-state index contributed by atoms with van der Waals surface area (Å²) in [5, 5.41) is 0.424. The van der Waals surface area contributed by atoms with Crippen molar-refractivity contribution in [2.75, 3.05) is 13.2 Å². The molecule has 0 aliphatic carbocycles. The van der Waals surface area contributed by atoms with Crippen LogP contribution in [-0.2, 0) is 6.54 Å². The quantitative estimate of drug-likeness (QED) is 0.289. The lowest BCUT2D eigenvalue weighted by Gasteiger charge is -2.26. The van der Waals surface area contributed by atoms with E-state index in [0.717, 1.165) is 17.5 Å². The first-order valence-corrected chi connectivity index (χ1v) is 12.4. The molecule has 1 aliphatic heterocycles. The van der Waals surface area contributed by atoms with E-state index in [4.69, 9.17) is 13.9 Å². The van der Waals surface area contributed by atoms with Gasteiger partial charge in [-0.2, -0.15) is 0 Å². The number of hydrogen-bond acceptors (Lipinski definition) is 5. The van der Waals surface area contributed by atoms with Crippen LogP contribution in [0, 0.1) is 12.7 Å². The number of aryl methyl sites for hydroxylation is 1. The van der Waals surface area contributed by atoms with Gasteiger partial charge in [0.1, 0.15) is 11.4 Å². The Balaban J connectivity index is 1.69. The summed E-state index contributed by atoms with van der Waals surface area (Å²) in [7, 11) is 0. The first-order valence-electron chi connectivity index (χ1n) is 12.4. The third-order valence-corrected chi connectivity index (χ3v) is 6.43. The lowest BCUT2D eigenvalue weighted by molar-refractivity contribution is 0.0714. The predicted molar refractivity (Wildman–Crippen MR) is 139 cm³/mol. The van der Waals surface area contributed by atoms with Gasteiger partial charge in [0, 0.05) is 6.54 Å². The minimum Gasteiger partial charge on any atom is -0.490 e. The van der Waals surface area contributed by atoms with Crippen LogP contribution in [0.15, 0.2) is 69.9 Å². The Labute approximate surface area is 214 Å². The van der Waals surface area contributed by atoms with Crippen LogP contribution in [0.2, 0.25) is 0 Å². The molecule has 1 aliphatic rings. The highest BCUT2D eigenvalue weighted by molar-refractivity contribution is 5.99. The summed E-state index contributed by atoms with van der Waals surface area (Å²) >= 11 is 0. The molecule has 1 amide bonds. The summed E-state index contributed by atoms with van der Waals surface area (Å²) in [6.07, 6.45) is 0.844. The first kappa shape index (κ1) is 24.6. The number of fused-ring (bicyclic) bond motifs is 2. The van der Waals surface area contributed by atoms with Gasteiger partial charge in [-0.05, 0) is 67.8 Å². The number of carbonyl (C=O) groups excluding carboxylic acids is 1. The van der Waals surface area contributed by atoms with Crippen molar-refractivity contribution in [2.24, 2.45) is 0 Å². The number of ether oxygens (including phenoxy) is 2. The Morgan fingerprint density at radius 1 is 0.946 bits per heavy atom. The van der Waals surface area contributed by atoms with Crippen LogP contribution in [-0.4, -0.2) is 24.0 Å². The van der Waals surface area contributed by atoms with Gasteiger partial charge in [-0.3, -0.25) is 9.59 Å². The maximum atomic E-state index is 13.8. The molecule has 3 aromatic carbocycles. The minimum atomic E-state index is -0.715. The van der Waals surface area contributed by atoms with E-state index in [1.807, 2.05) is 39.0 Å². The Morgan fingerprint density at radius 3 is 2.46 bits per heavy atom. The van der Waals surface area contributed by atoms with E-state index >= 15 is 0 Å². The summed E-state index contributed by atoms with van der Waals surface area (Å²) in [6, 6.07) is 16.1. The molecular formula is C30H28FNO5. The van der Waals surface area contributed by atoms with Crippen molar-refractivity contribution in [1.82, 2.24) is 4.90 Å². The number of rotatable bonds is 8. The van der Waals surface area contributed by atoms with E-state index in [-0.39, 0.29) is 29.1 Å². The van der Waals surface area contributed by atoms with Crippen molar-refractivity contribution in [3.05, 3.63) is 105 Å². The molecule has 0 saturated heterocycles. The van der Waals surface area contributed by atoms with Crippen LogP contribution < -0.4 is 14.9 Å². The Bertz CT molecular complexity index is 1530. The highest BCUT2D eigenvalue weighted by Crippen LogP contribution is 2.42. The molecule has 5 rings (SSSR count). The van der Waals surface area contributed by atoms with Crippen molar-refractivity contribution in [3.63, 3.8) is 0 Å². The molecule has 190 valence electrons. The van der Waals surface area contributed by atoms with Crippen molar-refractivity contribution in [2.45, 2.75) is 39.8 Å². The third kappa shape index (κ3) is 4.57. The molecular weight excluding hydrogens is 473 g/mol. The zero-order valence-electron chi connectivity index (χ0n) is 21.0. The monoisotopic (exact) mass is 501 g/mol. The van der Waals surface area contributed by atoms with Crippen LogP contribution in [0.4, 0.5) is 4.39 Å². The maximum absolute atomic E-state index is 13.8. The summed E-state index contributed by atoms with van der Waals surface area (Å²) in [5.74, 6) is 0.407. The molecule has 1 aromatic heterocycles. The standard InChI is InChI=1S/C30H28FNO5/c1-4-14-36-24-13-9-20(16-25(24)35-5-2)27-26-28(33)22-15-18(3)6-12-23(22)37-29(26)30(34)32(27)17-19-7-10-21(31)11-8-19/h6-13,15-16,27H,4-5,14,17H2,1-3H3. The van der Waals surface area contributed by atoms with Crippen LogP contribution in [0.3, 0.4) is 0 Å². The average Bonchev–Trinajstić information content (AvgIpc) is 3.16. The smallest absolute Gasteiger partial charge is 0.291 e. The van der Waals surface area contributed by atoms with E-state index < -0.39 is 11.9 Å². The fourth-order valence-electron chi connectivity index (χ4n) is 4.72. The Morgan fingerprint density at radius 2 is 1.73 bits per heavy atom. The van der Waals surface area contributed by atoms with E-state index in [2.05, 4.69) is 0 Å². The molecule has 1 unspecified atom stereocenters. The van der Waals surface area contributed by atoms with Crippen molar-refractivity contribution in [3.8, 4) is 11.5 Å². The third-order valence-electron chi connectivity index (χ3n) is 6.43. The number of nitrogens with zero attached hydrogens (tertiary/aromatic N) is 1. The summed E-state index contributed by atoms with van der Waals surface area (Å²) in [6.45, 7) is 6.94. The lowest BCUT2D eigenvalue weighted by Crippen LogP contribution is -2.29. The molecule has 37 heavy (non-hydrogen) atoms. The molecule has 0 bridgehead atoms. The SMILES string of the molecule is CCCOc1ccc(C2c3c(oc4ccc(C)cc4c3=O)C(=O)N2Cc2ccc(F)cc2)cc1OCC. The van der Waals surface area contributed by atoms with Crippen molar-refractivity contribution >= 4 is 16.9 Å². The predicted octanol–water partition coefficient (Wildman–Crippen LogP) is 6.17. The molecule has 1 atom stereocenters. The lowest BCUT2D eigenvalue weighted by atomic mass is 9.97. The second kappa shape index (κ2) is 10.1. The number of carbonyl (C=O) groups is 1. The van der Waals surface area contributed by atoms with E-state index in [9.17, 15) is 14.0 Å². The number of halogens is 1. The van der Waals surface area contributed by atoms with Crippen molar-refractivity contribution in [1.29, 1.82) is 0 Å². The zero-order valence-corrected chi connectivity index (χ0v) is 21.0. The van der Waals surface area contributed by atoms with Gasteiger partial charge in [0.2, 0.25) is 5.76 Å². The van der Waals surface area contributed by atoms with Gasteiger partial charge < -0.3 is 18.8 Å². The molecule has 2 heterocycles. The van der Waals surface area contributed by atoms with Gasteiger partial charge in [0.05, 0.1) is 30.2 Å². The van der Waals surface area contributed by atoms with Gasteiger partial charge in [0.25, 0.3) is 5.91 Å². The number of hydrogen-bond donors (Lipinski definition) is 0. The summed E-state index contributed by atoms with van der Waals surface area (Å²) < 4.78 is 31.3. The van der Waals surface area contributed by atoms with E-state index in [0.29, 0.717) is 41.2 Å². The fourth-order valence-corrected chi connectivity index (χ4v) is 4.72. The largest absolute Gasteiger partial charge is 0.490 e. The topological polar surface area (TPSA) is 69.0 Å². The molecule has 0 spiro atoms. The van der Waals surface area contributed by atoms with Gasteiger partial charge in [-0.25, -0.2) is 4.39 Å².